The third-order valence-corrected chi connectivity index (χ3v) is 6.85. The Morgan fingerprint density at radius 2 is 1.74 bits per heavy atom. The van der Waals surface area contributed by atoms with Gasteiger partial charge in [0.15, 0.2) is 5.79 Å². The number of carboxylic acid groups (broad SMARTS) is 1. The van der Waals surface area contributed by atoms with Crippen LogP contribution in [0.15, 0.2) is 29.6 Å². The lowest BCUT2D eigenvalue weighted by atomic mass is 9.97. The lowest BCUT2D eigenvalue weighted by Crippen LogP contribution is -2.60. The van der Waals surface area contributed by atoms with Crippen LogP contribution in [0.25, 0.3) is 10.1 Å². The van der Waals surface area contributed by atoms with Crippen molar-refractivity contribution < 1.29 is 33.8 Å². The summed E-state index contributed by atoms with van der Waals surface area (Å²) in [5.74, 6) is -3.84. The molecule has 1 unspecified atom stereocenters. The SMILES string of the molecule is CCNC(=O)NN(C)CC(=O)NC(CC(=O)O)C(=O)N[C@@H](C)C(Cc1csc2ccccc12)(OCC)OCC. The van der Waals surface area contributed by atoms with E-state index in [1.165, 1.54) is 12.1 Å². The summed E-state index contributed by atoms with van der Waals surface area (Å²) >= 11 is 1.60. The van der Waals surface area contributed by atoms with Crippen molar-refractivity contribution in [2.75, 3.05) is 33.4 Å². The quantitative estimate of drug-likeness (QED) is 0.152. The molecular weight excluding hydrogens is 526 g/mol. The largest absolute Gasteiger partial charge is 0.481 e. The van der Waals surface area contributed by atoms with Gasteiger partial charge in [0.2, 0.25) is 11.8 Å². The van der Waals surface area contributed by atoms with E-state index in [4.69, 9.17) is 9.47 Å². The monoisotopic (exact) mass is 565 g/mol. The highest BCUT2D eigenvalue weighted by atomic mass is 32.1. The molecule has 1 aromatic heterocycles. The van der Waals surface area contributed by atoms with E-state index in [1.54, 1.807) is 25.2 Å². The van der Waals surface area contributed by atoms with E-state index in [9.17, 15) is 24.3 Å². The summed E-state index contributed by atoms with van der Waals surface area (Å²) in [5, 5.41) is 21.5. The van der Waals surface area contributed by atoms with Crippen molar-refractivity contribution in [1.82, 2.24) is 26.4 Å². The Kier molecular flexibility index (Phi) is 12.6. The molecule has 1 aromatic carbocycles. The number of thiophene rings is 1. The van der Waals surface area contributed by atoms with E-state index in [0.29, 0.717) is 26.2 Å². The van der Waals surface area contributed by atoms with E-state index in [0.717, 1.165) is 15.6 Å². The number of ether oxygens (including phenoxy) is 2. The molecule has 12 nitrogen and oxygen atoms in total. The highest BCUT2D eigenvalue weighted by Crippen LogP contribution is 2.32. The number of hydrogen-bond donors (Lipinski definition) is 5. The minimum atomic E-state index is -1.36. The van der Waals surface area contributed by atoms with Gasteiger partial charge in [-0.05, 0) is 50.1 Å². The molecule has 1 heterocycles. The number of hydrogen-bond acceptors (Lipinski definition) is 8. The fourth-order valence-electron chi connectivity index (χ4n) is 4.15. The average molecular weight is 566 g/mol. The molecule has 2 aromatic rings. The molecule has 4 amide bonds. The second-order valence-electron chi connectivity index (χ2n) is 8.89. The summed E-state index contributed by atoms with van der Waals surface area (Å²) in [6.45, 7) is 7.84. The lowest BCUT2D eigenvalue weighted by molar-refractivity contribution is -0.246. The van der Waals surface area contributed by atoms with Crippen molar-refractivity contribution in [3.05, 3.63) is 35.2 Å². The van der Waals surface area contributed by atoms with Crippen molar-refractivity contribution >= 4 is 45.2 Å². The third-order valence-electron chi connectivity index (χ3n) is 5.83. The van der Waals surface area contributed by atoms with Crippen LogP contribution in [0.1, 0.15) is 39.7 Å². The summed E-state index contributed by atoms with van der Waals surface area (Å²) in [7, 11) is 1.47. The van der Waals surface area contributed by atoms with Gasteiger partial charge in [0.25, 0.3) is 0 Å². The van der Waals surface area contributed by atoms with Crippen molar-refractivity contribution in [2.24, 2.45) is 0 Å². The number of hydrazine groups is 1. The van der Waals surface area contributed by atoms with Crippen molar-refractivity contribution in [1.29, 1.82) is 0 Å². The number of aliphatic carboxylic acids is 1. The predicted octanol–water partition coefficient (Wildman–Crippen LogP) is 1.84. The van der Waals surface area contributed by atoms with Crippen LogP contribution in [0.3, 0.4) is 0 Å². The zero-order chi connectivity index (χ0) is 29.0. The number of fused-ring (bicyclic) bond motifs is 1. The fraction of sp³-hybridized carbons (Fsp3) is 0.538. The van der Waals surface area contributed by atoms with E-state index in [-0.39, 0.29) is 6.54 Å². The first-order valence-corrected chi connectivity index (χ1v) is 13.7. The minimum absolute atomic E-state index is 0.302. The number of rotatable bonds is 16. The van der Waals surface area contributed by atoms with Gasteiger partial charge in [0.1, 0.15) is 6.04 Å². The van der Waals surface area contributed by atoms with Gasteiger partial charge in [0.05, 0.1) is 19.0 Å². The number of carbonyl (C=O) groups is 4. The molecule has 39 heavy (non-hydrogen) atoms. The number of urea groups is 1. The molecule has 0 aliphatic heterocycles. The Bertz CT molecular complexity index is 1120. The number of nitrogens with one attached hydrogen (secondary N) is 4. The third kappa shape index (κ3) is 9.46. The topological polar surface area (TPSA) is 158 Å². The Hall–Kier alpha value is -3.26. The first-order valence-electron chi connectivity index (χ1n) is 12.8. The van der Waals surface area contributed by atoms with Gasteiger partial charge in [-0.2, -0.15) is 0 Å². The van der Waals surface area contributed by atoms with E-state index >= 15 is 0 Å². The highest BCUT2D eigenvalue weighted by Gasteiger charge is 2.41. The summed E-state index contributed by atoms with van der Waals surface area (Å²) in [4.78, 5) is 49.0. The normalized spacial score (nSPS) is 13.1. The standard InChI is InChI=1S/C26H39N5O7S/c1-6-27-25(36)30-31(5)15-22(32)29-20(13-23(33)34)24(35)28-17(4)26(37-7-2,38-8-3)14-18-16-39-21-12-10-9-11-19(18)21/h9-12,16-17,20H,6-8,13-15H2,1-5H3,(H,28,35)(H,29,32)(H,33,34)(H2,27,30,36)/t17-,20?/m0/s1. The van der Waals surface area contributed by atoms with Crippen molar-refractivity contribution in [2.45, 2.75) is 58.4 Å². The molecular formula is C26H39N5O7S. The van der Waals surface area contributed by atoms with Crippen LogP contribution in [-0.4, -0.2) is 85.2 Å². The fourth-order valence-corrected chi connectivity index (χ4v) is 5.11. The molecule has 5 N–H and O–H groups in total. The molecule has 0 fully saturated rings. The van der Waals surface area contributed by atoms with Gasteiger partial charge >= 0.3 is 12.0 Å². The molecule has 13 heteroatoms. The summed E-state index contributed by atoms with van der Waals surface area (Å²) < 4.78 is 13.3. The maximum atomic E-state index is 13.3. The number of carboxylic acids is 1. The summed E-state index contributed by atoms with van der Waals surface area (Å²) in [6, 6.07) is 5.40. The zero-order valence-corrected chi connectivity index (χ0v) is 23.9. The van der Waals surface area contributed by atoms with Crippen LogP contribution >= 0.6 is 11.3 Å². The Morgan fingerprint density at radius 1 is 1.08 bits per heavy atom. The summed E-state index contributed by atoms with van der Waals surface area (Å²) in [6.07, 6.45) is -0.296. The van der Waals surface area contributed by atoms with Crippen LogP contribution in [0.2, 0.25) is 0 Å². The smallest absolute Gasteiger partial charge is 0.329 e. The van der Waals surface area contributed by atoms with Gasteiger partial charge in [-0.1, -0.05) is 18.2 Å². The number of likely N-dealkylation sites (N-methyl/N-ethyl adjacent to an activating group) is 1. The molecule has 2 rings (SSSR count). The number of amides is 4. The first kappa shape index (κ1) is 32.0. The maximum absolute atomic E-state index is 13.3. The second-order valence-corrected chi connectivity index (χ2v) is 9.80. The molecule has 216 valence electrons. The van der Waals surface area contributed by atoms with Crippen molar-refractivity contribution in [3.8, 4) is 0 Å². The van der Waals surface area contributed by atoms with Gasteiger partial charge in [-0.3, -0.25) is 19.8 Å². The Morgan fingerprint density at radius 3 is 2.36 bits per heavy atom. The molecule has 2 atom stereocenters. The van der Waals surface area contributed by atoms with E-state index in [2.05, 4.69) is 21.4 Å². The van der Waals surface area contributed by atoms with Crippen LogP contribution < -0.4 is 21.4 Å². The number of carbonyl (C=O) groups excluding carboxylic acids is 3. The minimum Gasteiger partial charge on any atom is -0.481 e. The molecule has 0 aliphatic rings. The van der Waals surface area contributed by atoms with Gasteiger partial charge < -0.3 is 30.5 Å². The van der Waals surface area contributed by atoms with Crippen LogP contribution in [0.4, 0.5) is 4.79 Å². The molecule has 0 bridgehead atoms. The Labute approximate surface area is 232 Å². The summed E-state index contributed by atoms with van der Waals surface area (Å²) in [5.41, 5.74) is 3.44. The van der Waals surface area contributed by atoms with Gasteiger partial charge in [-0.25, -0.2) is 9.80 Å². The number of benzene rings is 1. The van der Waals surface area contributed by atoms with Gasteiger partial charge in [-0.15, -0.1) is 11.3 Å². The zero-order valence-electron chi connectivity index (χ0n) is 23.0. The molecule has 0 spiro atoms. The second kappa shape index (κ2) is 15.4. The van der Waals surface area contributed by atoms with E-state index < -0.39 is 48.1 Å². The molecule has 0 radical (unpaired) electrons. The van der Waals surface area contributed by atoms with Gasteiger partial charge in [0, 0.05) is 37.9 Å². The Balaban J connectivity index is 2.19. The number of nitrogens with zero attached hydrogens (tertiary/aromatic N) is 1. The molecule has 0 saturated heterocycles. The first-order chi connectivity index (χ1) is 18.5. The predicted molar refractivity (Wildman–Crippen MR) is 148 cm³/mol. The average Bonchev–Trinajstić information content (AvgIpc) is 3.26. The van der Waals surface area contributed by atoms with Crippen LogP contribution in [0.5, 0.6) is 0 Å². The maximum Gasteiger partial charge on any atom is 0.329 e. The lowest BCUT2D eigenvalue weighted by Gasteiger charge is -2.39. The van der Waals surface area contributed by atoms with Crippen LogP contribution in [-0.2, 0) is 30.3 Å². The molecule has 0 saturated carbocycles. The molecule has 0 aliphatic carbocycles. The van der Waals surface area contributed by atoms with E-state index in [1.807, 2.05) is 43.5 Å². The highest BCUT2D eigenvalue weighted by molar-refractivity contribution is 7.17. The van der Waals surface area contributed by atoms with Crippen LogP contribution in [0, 0.1) is 0 Å². The van der Waals surface area contributed by atoms with Crippen molar-refractivity contribution in [3.63, 3.8) is 0 Å².